The Hall–Kier alpha value is -0.370. The van der Waals surface area contributed by atoms with E-state index in [1.54, 1.807) is 0 Å². The molecular weight excluding hydrogens is 188 g/mol. The monoisotopic (exact) mass is 208 g/mol. The first-order valence-corrected chi connectivity index (χ1v) is 6.49. The summed E-state index contributed by atoms with van der Waals surface area (Å²) in [6, 6.07) is 0. The van der Waals surface area contributed by atoms with Crippen LogP contribution in [0.5, 0.6) is 0 Å². The number of ether oxygens (including phenoxy) is 1. The van der Waals surface area contributed by atoms with Gasteiger partial charge in [0.2, 0.25) is 0 Å². The third-order valence-electron chi connectivity index (χ3n) is 4.46. The molecule has 2 heteroatoms. The highest BCUT2D eigenvalue weighted by Crippen LogP contribution is 2.38. The number of Topliss-reactive ketones (excluding diaryl/α,β-unsaturated/α-hetero) is 1. The molecule has 0 aromatic rings. The smallest absolute Gasteiger partial charge is 0.136 e. The molecule has 0 aromatic carbocycles. The molecule has 2 saturated heterocycles. The second-order valence-corrected chi connectivity index (χ2v) is 5.59. The van der Waals surface area contributed by atoms with Crippen LogP contribution in [0.1, 0.15) is 51.4 Å². The number of hydrogen-bond acceptors (Lipinski definition) is 2. The molecule has 1 aliphatic carbocycles. The first-order valence-electron chi connectivity index (χ1n) is 6.49. The molecule has 2 nitrogen and oxygen atoms in total. The molecular formula is C13H20O2. The number of hydrogen-bond donors (Lipinski definition) is 0. The molecule has 3 aliphatic rings. The highest BCUT2D eigenvalue weighted by atomic mass is 16.5. The summed E-state index contributed by atoms with van der Waals surface area (Å²) in [6.45, 7) is 0. The Balaban J connectivity index is 1.55. The van der Waals surface area contributed by atoms with Crippen molar-refractivity contribution in [2.45, 2.75) is 63.6 Å². The van der Waals surface area contributed by atoms with Crippen LogP contribution in [0.2, 0.25) is 0 Å². The molecule has 2 aliphatic heterocycles. The summed E-state index contributed by atoms with van der Waals surface area (Å²) in [4.78, 5) is 12.1. The topological polar surface area (TPSA) is 26.3 Å². The van der Waals surface area contributed by atoms with Crippen molar-refractivity contribution < 1.29 is 9.53 Å². The molecule has 0 amide bonds. The minimum Gasteiger partial charge on any atom is -0.375 e. The van der Waals surface area contributed by atoms with E-state index in [9.17, 15) is 4.79 Å². The zero-order chi connectivity index (χ0) is 10.3. The van der Waals surface area contributed by atoms with Crippen LogP contribution in [0.3, 0.4) is 0 Å². The third kappa shape index (κ3) is 1.96. The lowest BCUT2D eigenvalue weighted by Crippen LogP contribution is -2.31. The second-order valence-electron chi connectivity index (χ2n) is 5.59. The van der Waals surface area contributed by atoms with Crippen LogP contribution in [0.4, 0.5) is 0 Å². The van der Waals surface area contributed by atoms with Gasteiger partial charge in [0.15, 0.2) is 0 Å². The van der Waals surface area contributed by atoms with E-state index >= 15 is 0 Å². The molecule has 0 spiro atoms. The molecule has 2 heterocycles. The van der Waals surface area contributed by atoms with Crippen LogP contribution in [0.25, 0.3) is 0 Å². The van der Waals surface area contributed by atoms with Gasteiger partial charge >= 0.3 is 0 Å². The van der Waals surface area contributed by atoms with Crippen molar-refractivity contribution in [1.82, 2.24) is 0 Å². The van der Waals surface area contributed by atoms with Crippen molar-refractivity contribution in [1.29, 1.82) is 0 Å². The Morgan fingerprint density at radius 1 is 1.07 bits per heavy atom. The van der Waals surface area contributed by atoms with E-state index in [0.717, 1.165) is 25.2 Å². The van der Waals surface area contributed by atoms with Gasteiger partial charge in [0, 0.05) is 12.3 Å². The van der Waals surface area contributed by atoms with Crippen LogP contribution in [-0.4, -0.2) is 18.0 Å². The summed E-state index contributed by atoms with van der Waals surface area (Å²) < 4.78 is 5.77. The molecule has 2 unspecified atom stereocenters. The fourth-order valence-electron chi connectivity index (χ4n) is 3.27. The highest BCUT2D eigenvalue weighted by molar-refractivity contribution is 5.81. The van der Waals surface area contributed by atoms with Gasteiger partial charge in [0.1, 0.15) is 5.78 Å². The summed E-state index contributed by atoms with van der Waals surface area (Å²) in [7, 11) is 0. The number of rotatable bonds is 3. The van der Waals surface area contributed by atoms with Crippen LogP contribution < -0.4 is 0 Å². The van der Waals surface area contributed by atoms with E-state index in [4.69, 9.17) is 4.74 Å². The van der Waals surface area contributed by atoms with E-state index in [1.165, 1.54) is 32.1 Å². The van der Waals surface area contributed by atoms with Gasteiger partial charge in [-0.15, -0.1) is 0 Å². The maximum atomic E-state index is 12.1. The van der Waals surface area contributed by atoms with Crippen molar-refractivity contribution in [3.05, 3.63) is 0 Å². The van der Waals surface area contributed by atoms with Gasteiger partial charge in [0.25, 0.3) is 0 Å². The fourth-order valence-corrected chi connectivity index (χ4v) is 3.27. The number of carbonyl (C=O) groups excluding carboxylic acids is 1. The molecule has 3 fully saturated rings. The average Bonchev–Trinajstić information content (AvgIpc) is 2.51. The molecule has 1 saturated carbocycles. The Kier molecular flexibility index (Phi) is 2.55. The van der Waals surface area contributed by atoms with Crippen LogP contribution in [0.15, 0.2) is 0 Å². The van der Waals surface area contributed by atoms with Gasteiger partial charge in [-0.25, -0.2) is 0 Å². The lowest BCUT2D eigenvalue weighted by molar-refractivity contribution is -0.130. The Morgan fingerprint density at radius 3 is 2.27 bits per heavy atom. The summed E-state index contributed by atoms with van der Waals surface area (Å²) in [5, 5.41) is 0. The second kappa shape index (κ2) is 3.89. The van der Waals surface area contributed by atoms with E-state index in [1.807, 2.05) is 0 Å². The maximum Gasteiger partial charge on any atom is 0.136 e. The minimum absolute atomic E-state index is 0.344. The molecule has 2 bridgehead atoms. The van der Waals surface area contributed by atoms with Crippen LogP contribution in [-0.2, 0) is 9.53 Å². The molecule has 2 atom stereocenters. The number of fused-ring (bicyclic) bond motifs is 2. The largest absolute Gasteiger partial charge is 0.375 e. The highest BCUT2D eigenvalue weighted by Gasteiger charge is 2.38. The SMILES string of the molecule is O=C(CC1CCC1)C1CC2CCC(C1)O2. The fraction of sp³-hybridized carbons (Fsp3) is 0.923. The third-order valence-corrected chi connectivity index (χ3v) is 4.46. The summed E-state index contributed by atoms with van der Waals surface area (Å²) in [5.41, 5.74) is 0. The van der Waals surface area contributed by atoms with Gasteiger partial charge in [-0.1, -0.05) is 19.3 Å². The molecule has 3 rings (SSSR count). The molecule has 15 heavy (non-hydrogen) atoms. The van der Waals surface area contributed by atoms with Crippen molar-refractivity contribution in [2.75, 3.05) is 0 Å². The normalized spacial score (nSPS) is 40.1. The van der Waals surface area contributed by atoms with Crippen molar-refractivity contribution in [3.8, 4) is 0 Å². The average molecular weight is 208 g/mol. The zero-order valence-corrected chi connectivity index (χ0v) is 9.28. The minimum atomic E-state index is 0.344. The van der Waals surface area contributed by atoms with Gasteiger partial charge in [-0.05, 0) is 31.6 Å². The van der Waals surface area contributed by atoms with Crippen LogP contribution in [0, 0.1) is 11.8 Å². The quantitative estimate of drug-likeness (QED) is 0.712. The first-order chi connectivity index (χ1) is 7.31. The number of ketones is 1. The standard InChI is InChI=1S/C13H20O2/c14-13(6-9-2-1-3-9)10-7-11-4-5-12(8-10)15-11/h9-12H,1-8H2. The van der Waals surface area contributed by atoms with Crippen molar-refractivity contribution >= 4 is 5.78 Å². The predicted molar refractivity (Wildman–Crippen MR) is 57.6 cm³/mol. The molecule has 0 aromatic heterocycles. The first kappa shape index (κ1) is 9.83. The van der Waals surface area contributed by atoms with Crippen LogP contribution >= 0.6 is 0 Å². The summed E-state index contributed by atoms with van der Waals surface area (Å²) in [6.07, 6.45) is 10.0. The van der Waals surface area contributed by atoms with E-state index in [-0.39, 0.29) is 0 Å². The molecule has 0 N–H and O–H groups in total. The van der Waals surface area contributed by atoms with Gasteiger partial charge in [-0.2, -0.15) is 0 Å². The van der Waals surface area contributed by atoms with E-state index in [2.05, 4.69) is 0 Å². The predicted octanol–water partition coefficient (Wildman–Crippen LogP) is 2.70. The Morgan fingerprint density at radius 2 is 1.73 bits per heavy atom. The number of carbonyl (C=O) groups is 1. The lowest BCUT2D eigenvalue weighted by atomic mass is 9.78. The van der Waals surface area contributed by atoms with E-state index < -0.39 is 0 Å². The summed E-state index contributed by atoms with van der Waals surface area (Å²) in [5.74, 6) is 1.62. The van der Waals surface area contributed by atoms with Gasteiger partial charge in [0.05, 0.1) is 12.2 Å². The Bertz CT molecular complexity index is 245. The van der Waals surface area contributed by atoms with Gasteiger partial charge in [-0.3, -0.25) is 4.79 Å². The maximum absolute atomic E-state index is 12.1. The van der Waals surface area contributed by atoms with Crippen molar-refractivity contribution in [2.24, 2.45) is 11.8 Å². The van der Waals surface area contributed by atoms with E-state index in [0.29, 0.717) is 23.9 Å². The van der Waals surface area contributed by atoms with Gasteiger partial charge < -0.3 is 4.74 Å². The summed E-state index contributed by atoms with van der Waals surface area (Å²) >= 11 is 0. The molecule has 0 radical (unpaired) electrons. The van der Waals surface area contributed by atoms with Crippen molar-refractivity contribution in [3.63, 3.8) is 0 Å². The Labute approximate surface area is 91.4 Å². The zero-order valence-electron chi connectivity index (χ0n) is 9.28. The lowest BCUT2D eigenvalue weighted by Gasteiger charge is -2.30. The molecule has 84 valence electrons.